The number of amides is 1. The Labute approximate surface area is 144 Å². The maximum absolute atomic E-state index is 12.4. The Bertz CT molecular complexity index is 877. The standard InChI is InChI=1S/C18H17N5O2/c24-16-10-13-3-1-2-4-15(13)18(16)20-17(25)9-12-5-7-14(8-6-12)23-11-19-21-22-23/h1-8,11,16,18,24H,9-10H2,(H,20,25)/t16-,18+/m0/s1. The average Bonchev–Trinajstić information content (AvgIpc) is 3.25. The number of benzene rings is 2. The van der Waals surface area contributed by atoms with Crippen LogP contribution in [-0.4, -0.2) is 37.3 Å². The lowest BCUT2D eigenvalue weighted by atomic mass is 10.1. The largest absolute Gasteiger partial charge is 0.390 e. The van der Waals surface area contributed by atoms with E-state index in [1.807, 2.05) is 48.5 Å². The summed E-state index contributed by atoms with van der Waals surface area (Å²) in [5.74, 6) is -0.115. The van der Waals surface area contributed by atoms with E-state index in [0.717, 1.165) is 22.4 Å². The van der Waals surface area contributed by atoms with Gasteiger partial charge in [0.25, 0.3) is 0 Å². The molecule has 126 valence electrons. The Morgan fingerprint density at radius 3 is 2.76 bits per heavy atom. The number of hydrogen-bond donors (Lipinski definition) is 2. The summed E-state index contributed by atoms with van der Waals surface area (Å²) < 4.78 is 1.55. The minimum absolute atomic E-state index is 0.115. The molecule has 0 radical (unpaired) electrons. The van der Waals surface area contributed by atoms with E-state index in [4.69, 9.17) is 0 Å². The summed E-state index contributed by atoms with van der Waals surface area (Å²) in [7, 11) is 0. The summed E-state index contributed by atoms with van der Waals surface area (Å²) in [5, 5.41) is 24.2. The molecule has 2 atom stereocenters. The summed E-state index contributed by atoms with van der Waals surface area (Å²) in [6, 6.07) is 14.9. The molecule has 0 fully saturated rings. The fraction of sp³-hybridized carbons (Fsp3) is 0.222. The number of nitrogens with zero attached hydrogens (tertiary/aromatic N) is 4. The van der Waals surface area contributed by atoms with Gasteiger partial charge in [0.1, 0.15) is 6.33 Å². The molecule has 0 unspecified atom stereocenters. The number of aliphatic hydroxyl groups is 1. The molecule has 4 rings (SSSR count). The van der Waals surface area contributed by atoms with Crippen molar-refractivity contribution in [2.45, 2.75) is 25.0 Å². The molecule has 0 bridgehead atoms. The first kappa shape index (κ1) is 15.5. The lowest BCUT2D eigenvalue weighted by Crippen LogP contribution is -2.34. The Morgan fingerprint density at radius 1 is 1.20 bits per heavy atom. The van der Waals surface area contributed by atoms with E-state index < -0.39 is 6.10 Å². The zero-order valence-corrected chi connectivity index (χ0v) is 13.4. The van der Waals surface area contributed by atoms with Crippen LogP contribution in [0, 0.1) is 0 Å². The second kappa shape index (κ2) is 6.45. The minimum Gasteiger partial charge on any atom is -0.390 e. The summed E-state index contributed by atoms with van der Waals surface area (Å²) >= 11 is 0. The van der Waals surface area contributed by atoms with Crippen molar-refractivity contribution in [3.05, 3.63) is 71.5 Å². The van der Waals surface area contributed by atoms with Gasteiger partial charge in [-0.2, -0.15) is 0 Å². The first-order valence-corrected chi connectivity index (χ1v) is 8.08. The highest BCUT2D eigenvalue weighted by atomic mass is 16.3. The quantitative estimate of drug-likeness (QED) is 0.741. The molecule has 0 aliphatic heterocycles. The molecule has 0 saturated carbocycles. The number of rotatable bonds is 4. The fourth-order valence-corrected chi connectivity index (χ4v) is 3.20. The molecule has 1 amide bonds. The predicted molar refractivity (Wildman–Crippen MR) is 89.9 cm³/mol. The highest BCUT2D eigenvalue weighted by Crippen LogP contribution is 2.31. The lowest BCUT2D eigenvalue weighted by Gasteiger charge is -2.18. The van der Waals surface area contributed by atoms with Crippen LogP contribution in [-0.2, 0) is 17.6 Å². The molecule has 0 spiro atoms. The van der Waals surface area contributed by atoms with Gasteiger partial charge in [0.05, 0.1) is 24.3 Å². The van der Waals surface area contributed by atoms with E-state index in [-0.39, 0.29) is 18.4 Å². The normalized spacial score (nSPS) is 18.8. The third-order valence-corrected chi connectivity index (χ3v) is 4.44. The van der Waals surface area contributed by atoms with Crippen molar-refractivity contribution in [3.8, 4) is 5.69 Å². The summed E-state index contributed by atoms with van der Waals surface area (Å²) in [6.45, 7) is 0. The number of fused-ring (bicyclic) bond motifs is 1. The van der Waals surface area contributed by atoms with Crippen LogP contribution in [0.4, 0.5) is 0 Å². The van der Waals surface area contributed by atoms with Crippen molar-refractivity contribution in [3.63, 3.8) is 0 Å². The molecule has 1 aliphatic carbocycles. The van der Waals surface area contributed by atoms with Gasteiger partial charge in [-0.25, -0.2) is 4.68 Å². The number of tetrazole rings is 1. The monoisotopic (exact) mass is 335 g/mol. The third kappa shape index (κ3) is 3.14. The van der Waals surface area contributed by atoms with Crippen molar-refractivity contribution in [2.75, 3.05) is 0 Å². The van der Waals surface area contributed by atoms with Gasteiger partial charge < -0.3 is 10.4 Å². The molecule has 7 heteroatoms. The smallest absolute Gasteiger partial charge is 0.224 e. The van der Waals surface area contributed by atoms with Crippen LogP contribution >= 0.6 is 0 Å². The van der Waals surface area contributed by atoms with Crippen molar-refractivity contribution in [1.29, 1.82) is 0 Å². The number of aromatic nitrogens is 4. The van der Waals surface area contributed by atoms with Crippen molar-refractivity contribution in [1.82, 2.24) is 25.5 Å². The van der Waals surface area contributed by atoms with Crippen molar-refractivity contribution >= 4 is 5.91 Å². The molecule has 25 heavy (non-hydrogen) atoms. The topological polar surface area (TPSA) is 92.9 Å². The number of hydrogen-bond acceptors (Lipinski definition) is 5. The van der Waals surface area contributed by atoms with E-state index in [0.29, 0.717) is 6.42 Å². The van der Waals surface area contributed by atoms with Crippen LogP contribution in [0.25, 0.3) is 5.69 Å². The molecule has 2 N–H and O–H groups in total. The highest BCUT2D eigenvalue weighted by molar-refractivity contribution is 5.79. The van der Waals surface area contributed by atoms with E-state index in [1.165, 1.54) is 6.33 Å². The zero-order chi connectivity index (χ0) is 17.2. The summed E-state index contributed by atoms with van der Waals surface area (Å²) in [4.78, 5) is 12.4. The Balaban J connectivity index is 1.42. The maximum Gasteiger partial charge on any atom is 0.224 e. The Hall–Kier alpha value is -3.06. The van der Waals surface area contributed by atoms with Gasteiger partial charge in [-0.05, 0) is 39.2 Å². The molecular formula is C18H17N5O2. The number of nitrogens with one attached hydrogen (secondary N) is 1. The van der Waals surface area contributed by atoms with E-state index in [1.54, 1.807) is 4.68 Å². The maximum atomic E-state index is 12.4. The molecule has 0 saturated heterocycles. The molecular weight excluding hydrogens is 318 g/mol. The van der Waals surface area contributed by atoms with Crippen molar-refractivity contribution < 1.29 is 9.90 Å². The number of carbonyl (C=O) groups excluding carboxylic acids is 1. The van der Waals surface area contributed by atoms with Gasteiger partial charge in [-0.1, -0.05) is 36.4 Å². The Morgan fingerprint density at radius 2 is 2.00 bits per heavy atom. The van der Waals surface area contributed by atoms with Crippen LogP contribution < -0.4 is 5.32 Å². The van der Waals surface area contributed by atoms with Gasteiger partial charge in [0, 0.05) is 6.42 Å². The van der Waals surface area contributed by atoms with E-state index in [2.05, 4.69) is 20.8 Å². The number of aliphatic hydroxyl groups excluding tert-OH is 1. The first-order chi connectivity index (χ1) is 12.2. The van der Waals surface area contributed by atoms with Gasteiger partial charge >= 0.3 is 0 Å². The van der Waals surface area contributed by atoms with E-state index in [9.17, 15) is 9.90 Å². The second-order valence-electron chi connectivity index (χ2n) is 6.11. The molecule has 1 aromatic heterocycles. The molecule has 3 aromatic rings. The van der Waals surface area contributed by atoms with Gasteiger partial charge in [0.15, 0.2) is 0 Å². The van der Waals surface area contributed by atoms with Gasteiger partial charge in [-0.3, -0.25) is 4.79 Å². The minimum atomic E-state index is -0.580. The zero-order valence-electron chi connectivity index (χ0n) is 13.4. The summed E-state index contributed by atoms with van der Waals surface area (Å²) in [5.41, 5.74) is 3.80. The van der Waals surface area contributed by atoms with Crippen LogP contribution in [0.3, 0.4) is 0 Å². The highest BCUT2D eigenvalue weighted by Gasteiger charge is 2.31. The molecule has 1 aliphatic rings. The van der Waals surface area contributed by atoms with Crippen LogP contribution in [0.1, 0.15) is 22.7 Å². The molecule has 7 nitrogen and oxygen atoms in total. The SMILES string of the molecule is O=C(Cc1ccc(-n2cnnn2)cc1)N[C@@H]1c2ccccc2C[C@@H]1O. The molecule has 1 heterocycles. The molecule has 2 aromatic carbocycles. The second-order valence-corrected chi connectivity index (χ2v) is 6.11. The van der Waals surface area contributed by atoms with Crippen LogP contribution in [0.5, 0.6) is 0 Å². The third-order valence-electron chi connectivity index (χ3n) is 4.44. The van der Waals surface area contributed by atoms with Gasteiger partial charge in [-0.15, -0.1) is 5.10 Å². The van der Waals surface area contributed by atoms with Crippen LogP contribution in [0.2, 0.25) is 0 Å². The Kier molecular flexibility index (Phi) is 3.99. The summed E-state index contributed by atoms with van der Waals surface area (Å²) in [6.07, 6.45) is 1.76. The lowest BCUT2D eigenvalue weighted by molar-refractivity contribution is -0.121. The average molecular weight is 335 g/mol. The fourth-order valence-electron chi connectivity index (χ4n) is 3.20. The number of carbonyl (C=O) groups is 1. The first-order valence-electron chi connectivity index (χ1n) is 8.08. The van der Waals surface area contributed by atoms with Gasteiger partial charge in [0.2, 0.25) is 5.91 Å². The van der Waals surface area contributed by atoms with Crippen molar-refractivity contribution in [2.24, 2.45) is 0 Å². The van der Waals surface area contributed by atoms with Crippen LogP contribution in [0.15, 0.2) is 54.9 Å². The predicted octanol–water partition coefficient (Wildman–Crippen LogP) is 0.979. The van der Waals surface area contributed by atoms with E-state index >= 15 is 0 Å².